The molecule has 1 aromatic carbocycles. The highest BCUT2D eigenvalue weighted by Gasteiger charge is 2.39. The number of benzene rings is 1. The summed E-state index contributed by atoms with van der Waals surface area (Å²) in [6, 6.07) is 5.28. The van der Waals surface area contributed by atoms with Crippen molar-refractivity contribution in [3.63, 3.8) is 0 Å². The van der Waals surface area contributed by atoms with E-state index in [2.05, 4.69) is 5.32 Å². The van der Waals surface area contributed by atoms with Crippen molar-refractivity contribution in [3.8, 4) is 0 Å². The summed E-state index contributed by atoms with van der Waals surface area (Å²) in [6.07, 6.45) is 1.82. The fraction of sp³-hybridized carbons (Fsp3) is 0.640. The lowest BCUT2D eigenvalue weighted by atomic mass is 9.87. The molecule has 1 saturated heterocycles. The molecule has 2 fully saturated rings. The molecule has 3 rings (SSSR count). The third-order valence-corrected chi connectivity index (χ3v) is 5.90. The molecule has 4 atom stereocenters. The van der Waals surface area contributed by atoms with Crippen LogP contribution in [0.1, 0.15) is 65.4 Å². The number of rotatable bonds is 5. The molecular weight excluding hydrogens is 429 g/mol. The van der Waals surface area contributed by atoms with Gasteiger partial charge in [-0.05, 0) is 83.9 Å². The molecule has 1 amide bonds. The van der Waals surface area contributed by atoms with Gasteiger partial charge >= 0.3 is 18.0 Å². The Bertz CT molecular complexity index is 845. The molecule has 182 valence electrons. The number of nitrogens with one attached hydrogen (secondary N) is 1. The van der Waals surface area contributed by atoms with Gasteiger partial charge in [-0.2, -0.15) is 0 Å². The minimum absolute atomic E-state index is 0.0523. The van der Waals surface area contributed by atoms with Gasteiger partial charge in [-0.15, -0.1) is 0 Å². The van der Waals surface area contributed by atoms with E-state index in [-0.39, 0.29) is 23.6 Å². The van der Waals surface area contributed by atoms with Crippen LogP contribution in [0.5, 0.6) is 0 Å². The van der Waals surface area contributed by atoms with Crippen molar-refractivity contribution in [2.24, 2.45) is 11.8 Å². The second kappa shape index (κ2) is 10.5. The van der Waals surface area contributed by atoms with Gasteiger partial charge in [0.1, 0.15) is 29.7 Å². The molecule has 7 nitrogen and oxygen atoms in total. The summed E-state index contributed by atoms with van der Waals surface area (Å²) in [5.74, 6) is -1.46. The number of hydrogen-bond donors (Lipinski definition) is 1. The summed E-state index contributed by atoms with van der Waals surface area (Å²) in [5.41, 5.74) is 0.168. The van der Waals surface area contributed by atoms with Gasteiger partial charge in [-0.25, -0.2) is 14.0 Å². The van der Waals surface area contributed by atoms with E-state index in [1.54, 1.807) is 39.8 Å². The molecule has 0 bridgehead atoms. The van der Waals surface area contributed by atoms with Gasteiger partial charge in [0.25, 0.3) is 0 Å². The first-order chi connectivity index (χ1) is 15.5. The second-order valence-electron chi connectivity index (χ2n) is 10.0. The van der Waals surface area contributed by atoms with Crippen LogP contribution in [0.3, 0.4) is 0 Å². The predicted octanol–water partition coefficient (Wildman–Crippen LogP) is 4.32. The zero-order valence-corrected chi connectivity index (χ0v) is 19.8. The molecule has 1 heterocycles. The number of carbonyl (C=O) groups is 3. The number of halogens is 1. The average molecular weight is 464 g/mol. The number of alkyl carbamates (subject to hydrolysis) is 1. The number of amides is 1. The van der Waals surface area contributed by atoms with Gasteiger partial charge in [0.2, 0.25) is 0 Å². The van der Waals surface area contributed by atoms with Gasteiger partial charge < -0.3 is 19.5 Å². The normalized spacial score (nSPS) is 26.3. The topological polar surface area (TPSA) is 90.9 Å². The van der Waals surface area contributed by atoms with Crippen molar-refractivity contribution in [2.45, 2.75) is 90.1 Å². The highest BCUT2D eigenvalue weighted by molar-refractivity contribution is 5.81. The lowest BCUT2D eigenvalue weighted by Crippen LogP contribution is -2.45. The van der Waals surface area contributed by atoms with Gasteiger partial charge in [0.15, 0.2) is 0 Å². The maximum absolute atomic E-state index is 13.4. The number of esters is 2. The quantitative estimate of drug-likeness (QED) is 0.517. The molecule has 2 aliphatic rings. The van der Waals surface area contributed by atoms with Crippen molar-refractivity contribution in [2.75, 3.05) is 0 Å². The molecule has 1 aromatic rings. The zero-order chi connectivity index (χ0) is 24.2. The van der Waals surface area contributed by atoms with Crippen LogP contribution in [0, 0.1) is 17.7 Å². The van der Waals surface area contributed by atoms with Crippen LogP contribution in [0.2, 0.25) is 0 Å². The van der Waals surface area contributed by atoms with Crippen LogP contribution in [0.25, 0.3) is 0 Å². The number of cyclic esters (lactones) is 1. The van der Waals surface area contributed by atoms with Crippen LogP contribution < -0.4 is 5.32 Å². The van der Waals surface area contributed by atoms with E-state index in [4.69, 9.17) is 14.2 Å². The lowest BCUT2D eigenvalue weighted by Gasteiger charge is -2.31. The van der Waals surface area contributed by atoms with E-state index < -0.39 is 35.9 Å². The second-order valence-corrected chi connectivity index (χ2v) is 10.0. The van der Waals surface area contributed by atoms with Crippen LogP contribution in [-0.4, -0.2) is 41.9 Å². The number of carbonyl (C=O) groups excluding carboxylic acids is 3. The van der Waals surface area contributed by atoms with E-state index in [1.165, 1.54) is 12.1 Å². The van der Waals surface area contributed by atoms with Crippen molar-refractivity contribution in [3.05, 3.63) is 35.6 Å². The standard InChI is InChI=1S/C25H34FNO6/c1-15-19(14-16-8-12-18(26)13-9-16)21(32-22(28)17-10-11-17)7-5-6-20(23(29)31-15)27-24(30)33-25(2,3)4/h8-9,12-13,15,17,19-21H,5-7,10-11,14H2,1-4H3,(H,27,30)/t15-,19-,20-,21-/m0/s1. The number of hydrogen-bond acceptors (Lipinski definition) is 6. The molecule has 1 N–H and O–H groups in total. The molecule has 0 radical (unpaired) electrons. The van der Waals surface area contributed by atoms with Crippen molar-refractivity contribution < 1.29 is 33.0 Å². The monoisotopic (exact) mass is 463 g/mol. The van der Waals surface area contributed by atoms with Crippen molar-refractivity contribution in [1.82, 2.24) is 5.32 Å². The first-order valence-electron chi connectivity index (χ1n) is 11.7. The molecule has 8 heteroatoms. The van der Waals surface area contributed by atoms with E-state index in [0.29, 0.717) is 25.7 Å². The van der Waals surface area contributed by atoms with Crippen LogP contribution >= 0.6 is 0 Å². The highest BCUT2D eigenvalue weighted by atomic mass is 19.1. The van der Waals surface area contributed by atoms with Gasteiger partial charge in [0, 0.05) is 5.92 Å². The average Bonchev–Trinajstić information content (AvgIpc) is 3.55. The number of ether oxygens (including phenoxy) is 3. The fourth-order valence-electron chi connectivity index (χ4n) is 3.99. The molecule has 0 unspecified atom stereocenters. The summed E-state index contributed by atoms with van der Waals surface area (Å²) >= 11 is 0. The summed E-state index contributed by atoms with van der Waals surface area (Å²) in [5, 5.41) is 2.61. The van der Waals surface area contributed by atoms with Crippen LogP contribution in [0.15, 0.2) is 24.3 Å². The molecule has 1 aliphatic heterocycles. The Kier molecular flexibility index (Phi) is 7.97. The van der Waals surface area contributed by atoms with E-state index in [9.17, 15) is 18.8 Å². The summed E-state index contributed by atoms with van der Waals surface area (Å²) < 4.78 is 30.3. The minimum atomic E-state index is -0.855. The summed E-state index contributed by atoms with van der Waals surface area (Å²) in [6.45, 7) is 7.00. The Labute approximate surface area is 194 Å². The molecule has 0 aromatic heterocycles. The predicted molar refractivity (Wildman–Crippen MR) is 119 cm³/mol. The minimum Gasteiger partial charge on any atom is -0.462 e. The Morgan fingerprint density at radius 1 is 1.12 bits per heavy atom. The maximum Gasteiger partial charge on any atom is 0.408 e. The lowest BCUT2D eigenvalue weighted by molar-refractivity contribution is -0.162. The van der Waals surface area contributed by atoms with Crippen LogP contribution in [-0.2, 0) is 30.2 Å². The SMILES string of the molecule is C[C@@H]1OC(=O)[C@@H](NC(=O)OC(C)(C)C)CCC[C@H](OC(=O)C2CC2)[C@H]1Cc1ccc(F)cc1. The Morgan fingerprint density at radius 2 is 1.79 bits per heavy atom. The molecule has 33 heavy (non-hydrogen) atoms. The molecule has 0 spiro atoms. The first kappa shape index (κ1) is 25.0. The Balaban J connectivity index is 1.76. The molecule has 1 aliphatic carbocycles. The van der Waals surface area contributed by atoms with Gasteiger partial charge in [-0.1, -0.05) is 12.1 Å². The molecule has 1 saturated carbocycles. The van der Waals surface area contributed by atoms with Crippen molar-refractivity contribution in [1.29, 1.82) is 0 Å². The fourth-order valence-corrected chi connectivity index (χ4v) is 3.99. The van der Waals surface area contributed by atoms with Crippen LogP contribution in [0.4, 0.5) is 9.18 Å². The largest absolute Gasteiger partial charge is 0.462 e. The van der Waals surface area contributed by atoms with Gasteiger partial charge in [-0.3, -0.25) is 4.79 Å². The van der Waals surface area contributed by atoms with Gasteiger partial charge in [0.05, 0.1) is 5.92 Å². The third-order valence-electron chi connectivity index (χ3n) is 5.90. The third kappa shape index (κ3) is 7.72. The maximum atomic E-state index is 13.4. The van der Waals surface area contributed by atoms with E-state index in [1.807, 2.05) is 0 Å². The highest BCUT2D eigenvalue weighted by Crippen LogP contribution is 2.34. The van der Waals surface area contributed by atoms with Crippen molar-refractivity contribution >= 4 is 18.0 Å². The molecular formula is C25H34FNO6. The summed E-state index contributed by atoms with van der Waals surface area (Å²) in [4.78, 5) is 37.6. The zero-order valence-electron chi connectivity index (χ0n) is 19.8. The van der Waals surface area contributed by atoms with E-state index >= 15 is 0 Å². The Morgan fingerprint density at radius 3 is 2.39 bits per heavy atom. The first-order valence-corrected chi connectivity index (χ1v) is 11.7. The Hall–Kier alpha value is -2.64. The smallest absolute Gasteiger partial charge is 0.408 e. The summed E-state index contributed by atoms with van der Waals surface area (Å²) in [7, 11) is 0. The van der Waals surface area contributed by atoms with E-state index in [0.717, 1.165) is 18.4 Å².